The van der Waals surface area contributed by atoms with E-state index < -0.39 is 29.1 Å². The molecule has 0 aliphatic carbocycles. The number of carbonyl (C=O) groups is 1. The molecule has 0 saturated carbocycles. The molecule has 9 nitrogen and oxygen atoms in total. The number of carbonyl (C=O) groups excluding carboxylic acids is 1. The van der Waals surface area contributed by atoms with Crippen LogP contribution in [-0.2, 0) is 17.7 Å². The molecule has 214 valence electrons. The van der Waals surface area contributed by atoms with E-state index >= 15 is 0 Å². The number of benzene rings is 2. The second kappa shape index (κ2) is 11.0. The third-order valence-electron chi connectivity index (χ3n) is 7.57. The van der Waals surface area contributed by atoms with Crippen LogP contribution in [0.4, 0.5) is 18.9 Å². The van der Waals surface area contributed by atoms with Gasteiger partial charge in [-0.3, -0.25) is 14.5 Å². The highest BCUT2D eigenvalue weighted by Gasteiger charge is 2.29. The Balaban J connectivity index is 1.22. The normalized spacial score (nSPS) is 16.4. The largest absolute Gasteiger partial charge is 0.381 e. The molecule has 2 aromatic heterocycles. The van der Waals surface area contributed by atoms with Crippen LogP contribution in [0.3, 0.4) is 0 Å². The summed E-state index contributed by atoms with van der Waals surface area (Å²) >= 11 is 0. The number of amides is 1. The second-order valence-electron chi connectivity index (χ2n) is 10.5. The van der Waals surface area contributed by atoms with Gasteiger partial charge in [-0.2, -0.15) is 0 Å². The Bertz CT molecular complexity index is 1680. The van der Waals surface area contributed by atoms with E-state index in [4.69, 9.17) is 4.74 Å². The molecule has 6 rings (SSSR count). The number of aromatic amines is 2. The Morgan fingerprint density at radius 1 is 1.10 bits per heavy atom. The van der Waals surface area contributed by atoms with Crippen molar-refractivity contribution in [3.63, 3.8) is 0 Å². The van der Waals surface area contributed by atoms with E-state index in [9.17, 15) is 22.8 Å². The number of morpholine rings is 1. The number of halogens is 3. The molecule has 0 spiro atoms. The fourth-order valence-electron chi connectivity index (χ4n) is 5.50. The number of nitrogens with one attached hydrogen (secondary N) is 3. The van der Waals surface area contributed by atoms with Gasteiger partial charge in [-0.1, -0.05) is 0 Å². The van der Waals surface area contributed by atoms with E-state index in [-0.39, 0.29) is 23.5 Å². The lowest BCUT2D eigenvalue weighted by molar-refractivity contribution is 0.0327. The number of imidazole rings is 1. The number of hydrogen-bond acceptors (Lipinski definition) is 6. The average Bonchev–Trinajstić information content (AvgIpc) is 3.49. The van der Waals surface area contributed by atoms with Crippen LogP contribution in [0, 0.1) is 17.5 Å². The van der Waals surface area contributed by atoms with Gasteiger partial charge in [-0.15, -0.1) is 0 Å². The summed E-state index contributed by atoms with van der Waals surface area (Å²) < 4.78 is 46.9. The van der Waals surface area contributed by atoms with Gasteiger partial charge in [0.05, 0.1) is 29.9 Å². The molecule has 0 radical (unpaired) electrons. The number of hydrogen-bond donors (Lipinski definition) is 3. The summed E-state index contributed by atoms with van der Waals surface area (Å²) in [5.74, 6) is -2.98. The zero-order valence-corrected chi connectivity index (χ0v) is 22.4. The highest BCUT2D eigenvalue weighted by Crippen LogP contribution is 2.30. The van der Waals surface area contributed by atoms with Gasteiger partial charge in [0.2, 0.25) is 0 Å². The SMILES string of the molecule is CC(Cc1cc(F)cc(F)c1F)Nc1cc[nH]c(=O)c1-c1nc2cc3c(cc2[nH]1)CN(CCN1CCOCC1)C3=O. The lowest BCUT2D eigenvalue weighted by Crippen LogP contribution is -2.41. The predicted octanol–water partition coefficient (Wildman–Crippen LogP) is 3.67. The molecule has 2 aliphatic rings. The van der Waals surface area contributed by atoms with Crippen molar-refractivity contribution in [1.29, 1.82) is 0 Å². The minimum atomic E-state index is -1.25. The van der Waals surface area contributed by atoms with Crippen molar-refractivity contribution in [1.82, 2.24) is 24.8 Å². The molecule has 1 fully saturated rings. The fourth-order valence-corrected chi connectivity index (χ4v) is 5.50. The van der Waals surface area contributed by atoms with E-state index in [0.717, 1.165) is 31.3 Å². The maximum Gasteiger partial charge on any atom is 0.261 e. The zero-order valence-electron chi connectivity index (χ0n) is 22.4. The van der Waals surface area contributed by atoms with Crippen molar-refractivity contribution in [2.24, 2.45) is 0 Å². The minimum Gasteiger partial charge on any atom is -0.381 e. The van der Waals surface area contributed by atoms with Crippen LogP contribution in [0.2, 0.25) is 0 Å². The Morgan fingerprint density at radius 2 is 1.90 bits per heavy atom. The van der Waals surface area contributed by atoms with Crippen LogP contribution >= 0.6 is 0 Å². The van der Waals surface area contributed by atoms with Crippen LogP contribution in [0.5, 0.6) is 0 Å². The minimum absolute atomic E-state index is 0.0241. The lowest BCUT2D eigenvalue weighted by atomic mass is 10.1. The summed E-state index contributed by atoms with van der Waals surface area (Å²) in [6, 6.07) is 6.25. The highest BCUT2D eigenvalue weighted by atomic mass is 19.2. The van der Waals surface area contributed by atoms with E-state index in [1.165, 1.54) is 6.20 Å². The molecular formula is C29H29F3N6O3. The number of nitrogens with zero attached hydrogens (tertiary/aromatic N) is 3. The standard InChI is InChI=1S/C29H29F3N6O3/c1-16(10-17-11-19(30)13-21(31)26(17)32)34-22-2-3-33-28(39)25(22)27-35-23-12-18-15-38(5-4-37-6-8-41-9-7-37)29(40)20(18)14-24(23)36-27/h2-3,11-14,16H,4-10,15H2,1H3,(H,35,36)(H2,33,34,39). The first-order valence-electron chi connectivity index (χ1n) is 13.5. The third kappa shape index (κ3) is 5.44. The molecule has 1 amide bonds. The van der Waals surface area contributed by atoms with Crippen molar-refractivity contribution in [3.05, 3.63) is 81.0 Å². The van der Waals surface area contributed by atoms with Gasteiger partial charge < -0.3 is 24.9 Å². The molecule has 2 aromatic carbocycles. The fraction of sp³-hybridized carbons (Fsp3) is 0.345. The maximum atomic E-state index is 14.2. The molecule has 41 heavy (non-hydrogen) atoms. The molecule has 1 unspecified atom stereocenters. The van der Waals surface area contributed by atoms with Crippen molar-refractivity contribution >= 4 is 22.6 Å². The van der Waals surface area contributed by atoms with Gasteiger partial charge in [0.15, 0.2) is 11.6 Å². The molecular weight excluding hydrogens is 537 g/mol. The number of aromatic nitrogens is 3. The molecule has 1 atom stereocenters. The first kappa shape index (κ1) is 27.0. The molecule has 4 aromatic rings. The Kier molecular flexibility index (Phi) is 7.26. The number of anilines is 1. The first-order valence-corrected chi connectivity index (χ1v) is 13.5. The summed E-state index contributed by atoms with van der Waals surface area (Å²) in [6.07, 6.45) is 1.44. The Hall–Kier alpha value is -4.16. The second-order valence-corrected chi connectivity index (χ2v) is 10.5. The van der Waals surface area contributed by atoms with Gasteiger partial charge in [-0.05, 0) is 48.7 Å². The van der Waals surface area contributed by atoms with Crippen LogP contribution < -0.4 is 10.9 Å². The Labute approximate surface area is 233 Å². The van der Waals surface area contributed by atoms with Crippen LogP contribution in [0.1, 0.15) is 28.4 Å². The van der Waals surface area contributed by atoms with Crippen molar-refractivity contribution < 1.29 is 22.7 Å². The monoisotopic (exact) mass is 566 g/mol. The van der Waals surface area contributed by atoms with Crippen molar-refractivity contribution in [3.8, 4) is 11.4 Å². The van der Waals surface area contributed by atoms with E-state index in [1.54, 1.807) is 19.1 Å². The van der Waals surface area contributed by atoms with Crippen molar-refractivity contribution in [2.45, 2.75) is 25.9 Å². The van der Waals surface area contributed by atoms with Crippen LogP contribution in [0.15, 0.2) is 41.3 Å². The molecule has 4 heterocycles. The summed E-state index contributed by atoms with van der Waals surface area (Å²) in [7, 11) is 0. The van der Waals surface area contributed by atoms with E-state index in [2.05, 4.69) is 25.2 Å². The highest BCUT2D eigenvalue weighted by molar-refractivity contribution is 6.02. The number of ether oxygens (including phenoxy) is 1. The third-order valence-corrected chi connectivity index (χ3v) is 7.57. The molecule has 0 bridgehead atoms. The van der Waals surface area contributed by atoms with Gasteiger partial charge in [0, 0.05) is 56.6 Å². The molecule has 2 aliphatic heterocycles. The van der Waals surface area contributed by atoms with Crippen LogP contribution in [-0.4, -0.2) is 76.1 Å². The molecule has 1 saturated heterocycles. The summed E-state index contributed by atoms with van der Waals surface area (Å²) in [6.45, 7) is 6.76. The predicted molar refractivity (Wildman–Crippen MR) is 147 cm³/mol. The van der Waals surface area contributed by atoms with Gasteiger partial charge in [-0.25, -0.2) is 18.2 Å². The number of H-pyrrole nitrogens is 2. The van der Waals surface area contributed by atoms with E-state index in [1.807, 2.05) is 11.0 Å². The van der Waals surface area contributed by atoms with Crippen molar-refractivity contribution in [2.75, 3.05) is 44.7 Å². The number of fused-ring (bicyclic) bond motifs is 2. The summed E-state index contributed by atoms with van der Waals surface area (Å²) in [5, 5.41) is 3.14. The lowest BCUT2D eigenvalue weighted by Gasteiger charge is -2.28. The zero-order chi connectivity index (χ0) is 28.7. The number of rotatable bonds is 8. The van der Waals surface area contributed by atoms with Gasteiger partial charge >= 0.3 is 0 Å². The molecule has 3 N–H and O–H groups in total. The van der Waals surface area contributed by atoms with E-state index in [0.29, 0.717) is 60.5 Å². The number of pyridine rings is 1. The molecule has 12 heteroatoms. The first-order chi connectivity index (χ1) is 19.8. The quantitative estimate of drug-likeness (QED) is 0.281. The van der Waals surface area contributed by atoms with Crippen LogP contribution in [0.25, 0.3) is 22.4 Å². The summed E-state index contributed by atoms with van der Waals surface area (Å²) in [5.41, 5.74) is 2.81. The van der Waals surface area contributed by atoms with Gasteiger partial charge in [0.25, 0.3) is 11.5 Å². The summed E-state index contributed by atoms with van der Waals surface area (Å²) in [4.78, 5) is 40.6. The maximum absolute atomic E-state index is 14.2. The topological polar surface area (TPSA) is 106 Å². The average molecular weight is 567 g/mol. The Morgan fingerprint density at radius 3 is 2.71 bits per heavy atom. The van der Waals surface area contributed by atoms with Gasteiger partial charge in [0.1, 0.15) is 17.2 Å². The smallest absolute Gasteiger partial charge is 0.261 e.